The fraction of sp³-hybridized carbons (Fsp3) is 0.647. The van der Waals surface area contributed by atoms with Crippen LogP contribution in [0.15, 0.2) is 30.3 Å². The normalized spacial score (nSPS) is 32.4. The van der Waals surface area contributed by atoms with Crippen molar-refractivity contribution in [1.82, 2.24) is 0 Å². The van der Waals surface area contributed by atoms with Gasteiger partial charge in [-0.1, -0.05) is 57.0 Å². The third-order valence-corrected chi connectivity index (χ3v) is 5.74. The summed E-state index contributed by atoms with van der Waals surface area (Å²) in [6, 6.07) is 11.2. The van der Waals surface area contributed by atoms with Gasteiger partial charge in [0.05, 0.1) is 0 Å². The van der Waals surface area contributed by atoms with E-state index >= 15 is 0 Å². The Morgan fingerprint density at radius 3 is 2.22 bits per heavy atom. The lowest BCUT2D eigenvalue weighted by Gasteiger charge is -2.32. The second-order valence-corrected chi connectivity index (χ2v) is 6.87. The Morgan fingerprint density at radius 1 is 1.11 bits per heavy atom. The van der Waals surface area contributed by atoms with Gasteiger partial charge < -0.3 is 5.73 Å². The molecule has 0 unspecified atom stereocenters. The van der Waals surface area contributed by atoms with Gasteiger partial charge in [0.2, 0.25) is 0 Å². The zero-order valence-electron chi connectivity index (χ0n) is 11.7. The number of hydrogen-bond acceptors (Lipinski definition) is 1. The lowest BCUT2D eigenvalue weighted by molar-refractivity contribution is 0.325. The molecule has 0 radical (unpaired) electrons. The Labute approximate surface area is 111 Å². The van der Waals surface area contributed by atoms with E-state index in [1.54, 1.807) is 5.56 Å². The van der Waals surface area contributed by atoms with E-state index < -0.39 is 0 Å². The number of rotatable bonds is 3. The molecule has 0 spiro atoms. The Kier molecular flexibility index (Phi) is 2.78. The molecule has 1 aromatic carbocycles. The monoisotopic (exact) mass is 243 g/mol. The van der Waals surface area contributed by atoms with E-state index in [2.05, 4.69) is 44.2 Å². The highest BCUT2D eigenvalue weighted by atomic mass is 14.8. The Bertz CT molecular complexity index is 414. The molecule has 2 fully saturated rings. The van der Waals surface area contributed by atoms with Crippen LogP contribution in [-0.4, -0.2) is 6.54 Å². The molecule has 2 N–H and O–H groups in total. The van der Waals surface area contributed by atoms with Gasteiger partial charge >= 0.3 is 0 Å². The smallest absolute Gasteiger partial charge is 0.00102 e. The van der Waals surface area contributed by atoms with Crippen LogP contribution in [0.5, 0.6) is 0 Å². The Hall–Kier alpha value is -0.820. The van der Waals surface area contributed by atoms with Gasteiger partial charge in [0.15, 0.2) is 0 Å². The molecule has 18 heavy (non-hydrogen) atoms. The zero-order valence-corrected chi connectivity index (χ0v) is 11.7. The molecule has 0 amide bonds. The van der Waals surface area contributed by atoms with Crippen LogP contribution in [0.4, 0.5) is 0 Å². The first-order valence-corrected chi connectivity index (χ1v) is 7.38. The maximum Gasteiger partial charge on any atom is -0.00102 e. The van der Waals surface area contributed by atoms with E-state index in [9.17, 15) is 0 Å². The van der Waals surface area contributed by atoms with Crippen molar-refractivity contribution >= 4 is 0 Å². The maximum atomic E-state index is 6.00. The average Bonchev–Trinajstić information content (AvgIpc) is 2.78. The summed E-state index contributed by atoms with van der Waals surface area (Å²) in [6.45, 7) is 5.68. The summed E-state index contributed by atoms with van der Waals surface area (Å²) in [5.41, 5.74) is 8.44. The molecule has 0 bridgehead atoms. The van der Waals surface area contributed by atoms with Gasteiger partial charge in [-0.15, -0.1) is 0 Å². The first kappa shape index (κ1) is 12.2. The standard InChI is InChI=1S/C17H25N/c1-16(2)14(12-18)15(16)17(10-6-7-11-17)13-8-4-3-5-9-13/h3-5,8-9,14-15H,6-7,10-12,18H2,1-2H3/t14-,15-/m1/s1. The fourth-order valence-corrected chi connectivity index (χ4v) is 4.84. The van der Waals surface area contributed by atoms with Gasteiger partial charge in [0.1, 0.15) is 0 Å². The molecule has 2 saturated carbocycles. The SMILES string of the molecule is CC1(C)[C@H](CN)[C@H]1C1(c2ccccc2)CCCC1. The predicted molar refractivity (Wildman–Crippen MR) is 76.4 cm³/mol. The molecule has 2 aliphatic rings. The molecule has 1 aromatic rings. The summed E-state index contributed by atoms with van der Waals surface area (Å²) in [4.78, 5) is 0. The minimum Gasteiger partial charge on any atom is -0.330 e. The van der Waals surface area contributed by atoms with E-state index in [1.165, 1.54) is 25.7 Å². The van der Waals surface area contributed by atoms with Crippen LogP contribution in [0.3, 0.4) is 0 Å². The van der Waals surface area contributed by atoms with E-state index in [0.29, 0.717) is 10.8 Å². The van der Waals surface area contributed by atoms with E-state index in [1.807, 2.05) is 0 Å². The summed E-state index contributed by atoms with van der Waals surface area (Å²) in [5.74, 6) is 1.51. The van der Waals surface area contributed by atoms with Crippen molar-refractivity contribution in [3.05, 3.63) is 35.9 Å². The van der Waals surface area contributed by atoms with Crippen molar-refractivity contribution in [1.29, 1.82) is 0 Å². The molecule has 0 aliphatic heterocycles. The second-order valence-electron chi connectivity index (χ2n) is 6.87. The Balaban J connectivity index is 1.99. The van der Waals surface area contributed by atoms with E-state index in [-0.39, 0.29) is 0 Å². The molecule has 2 atom stereocenters. The van der Waals surface area contributed by atoms with Crippen molar-refractivity contribution in [3.8, 4) is 0 Å². The largest absolute Gasteiger partial charge is 0.330 e. The molecule has 1 heteroatoms. The third-order valence-electron chi connectivity index (χ3n) is 5.74. The van der Waals surface area contributed by atoms with Gasteiger partial charge in [-0.2, -0.15) is 0 Å². The molecule has 98 valence electrons. The predicted octanol–water partition coefficient (Wildman–Crippen LogP) is 3.73. The molecule has 2 aliphatic carbocycles. The topological polar surface area (TPSA) is 26.0 Å². The van der Waals surface area contributed by atoms with Crippen LogP contribution in [0.2, 0.25) is 0 Å². The number of hydrogen-bond donors (Lipinski definition) is 1. The first-order valence-electron chi connectivity index (χ1n) is 7.38. The summed E-state index contributed by atoms with van der Waals surface area (Å²) in [7, 11) is 0. The van der Waals surface area contributed by atoms with Crippen molar-refractivity contribution in [2.24, 2.45) is 23.0 Å². The van der Waals surface area contributed by atoms with Gasteiger partial charge in [0, 0.05) is 0 Å². The number of nitrogens with two attached hydrogens (primary N) is 1. The molecule has 0 aromatic heterocycles. The molecule has 1 nitrogen and oxygen atoms in total. The summed E-state index contributed by atoms with van der Waals surface area (Å²) in [5, 5.41) is 0. The van der Waals surface area contributed by atoms with Crippen LogP contribution in [-0.2, 0) is 5.41 Å². The highest BCUT2D eigenvalue weighted by molar-refractivity contribution is 5.33. The number of benzene rings is 1. The van der Waals surface area contributed by atoms with Crippen molar-refractivity contribution in [2.45, 2.75) is 44.9 Å². The van der Waals surface area contributed by atoms with Gasteiger partial charge in [-0.25, -0.2) is 0 Å². The quantitative estimate of drug-likeness (QED) is 0.860. The van der Waals surface area contributed by atoms with Crippen LogP contribution in [0.25, 0.3) is 0 Å². The first-order chi connectivity index (χ1) is 8.63. The summed E-state index contributed by atoms with van der Waals surface area (Å²) >= 11 is 0. The molecular weight excluding hydrogens is 218 g/mol. The van der Waals surface area contributed by atoms with Crippen LogP contribution in [0.1, 0.15) is 45.1 Å². The van der Waals surface area contributed by atoms with E-state index in [0.717, 1.165) is 18.4 Å². The fourth-order valence-electron chi connectivity index (χ4n) is 4.84. The summed E-state index contributed by atoms with van der Waals surface area (Å²) in [6.07, 6.45) is 5.50. The minimum absolute atomic E-state index is 0.425. The third kappa shape index (κ3) is 1.56. The highest BCUT2D eigenvalue weighted by Crippen LogP contribution is 2.69. The molecule has 3 rings (SSSR count). The van der Waals surface area contributed by atoms with Crippen molar-refractivity contribution in [3.63, 3.8) is 0 Å². The van der Waals surface area contributed by atoms with Gasteiger partial charge in [0.25, 0.3) is 0 Å². The van der Waals surface area contributed by atoms with Gasteiger partial charge in [-0.05, 0) is 47.6 Å². The van der Waals surface area contributed by atoms with Gasteiger partial charge in [-0.3, -0.25) is 0 Å². The average molecular weight is 243 g/mol. The molecular formula is C17H25N. The summed E-state index contributed by atoms with van der Waals surface area (Å²) < 4.78 is 0. The second kappa shape index (κ2) is 4.09. The van der Waals surface area contributed by atoms with Crippen molar-refractivity contribution < 1.29 is 0 Å². The minimum atomic E-state index is 0.425. The van der Waals surface area contributed by atoms with Crippen LogP contribution >= 0.6 is 0 Å². The maximum absolute atomic E-state index is 6.00. The highest BCUT2D eigenvalue weighted by Gasteiger charge is 2.65. The molecule has 0 saturated heterocycles. The Morgan fingerprint density at radius 2 is 1.72 bits per heavy atom. The van der Waals surface area contributed by atoms with E-state index in [4.69, 9.17) is 5.73 Å². The van der Waals surface area contributed by atoms with Crippen molar-refractivity contribution in [2.75, 3.05) is 6.54 Å². The zero-order chi connectivity index (χ0) is 12.8. The lowest BCUT2D eigenvalue weighted by atomic mass is 9.72. The van der Waals surface area contributed by atoms with Crippen LogP contribution < -0.4 is 5.73 Å². The molecule has 0 heterocycles. The van der Waals surface area contributed by atoms with Crippen LogP contribution in [0, 0.1) is 17.3 Å². The lowest BCUT2D eigenvalue weighted by Crippen LogP contribution is -2.28.